The summed E-state index contributed by atoms with van der Waals surface area (Å²) in [5, 5.41) is 3.33. The lowest BCUT2D eigenvalue weighted by Crippen LogP contribution is -2.40. The lowest BCUT2D eigenvalue weighted by atomic mass is 10.1. The first-order valence-corrected chi connectivity index (χ1v) is 9.36. The van der Waals surface area contributed by atoms with Crippen LogP contribution in [0.2, 0.25) is 0 Å². The van der Waals surface area contributed by atoms with E-state index in [4.69, 9.17) is 18.6 Å². The third-order valence-corrected chi connectivity index (χ3v) is 4.46. The fourth-order valence-corrected chi connectivity index (χ4v) is 3.07. The zero-order chi connectivity index (χ0) is 19.6. The summed E-state index contributed by atoms with van der Waals surface area (Å²) in [6.07, 6.45) is 1.07. The Hall–Kier alpha value is -1.33. The molecule has 0 aromatic carbocycles. The van der Waals surface area contributed by atoms with Gasteiger partial charge in [0.1, 0.15) is 23.6 Å². The van der Waals surface area contributed by atoms with Gasteiger partial charge in [-0.25, -0.2) is 9.79 Å². The monoisotopic (exact) mass is 509 g/mol. The molecule has 0 saturated carbocycles. The molecule has 1 atom stereocenters. The lowest BCUT2D eigenvalue weighted by molar-refractivity contribution is 0.0536. The molecule has 1 saturated heterocycles. The Balaban J connectivity index is 0.00000392. The van der Waals surface area contributed by atoms with Crippen LogP contribution in [0.4, 0.5) is 0 Å². The van der Waals surface area contributed by atoms with E-state index in [1.165, 1.54) is 7.11 Å². The van der Waals surface area contributed by atoms with Crippen LogP contribution in [0.5, 0.6) is 0 Å². The van der Waals surface area contributed by atoms with Crippen molar-refractivity contribution in [1.29, 1.82) is 0 Å². The van der Waals surface area contributed by atoms with Crippen molar-refractivity contribution < 1.29 is 23.4 Å². The number of carbonyl (C=O) groups is 1. The highest BCUT2D eigenvalue weighted by atomic mass is 127. The number of methoxy groups -OCH3 is 2. The van der Waals surface area contributed by atoms with Crippen LogP contribution in [0, 0.1) is 12.8 Å². The number of hydrogen-bond donors (Lipinski definition) is 1. The second-order valence-electron chi connectivity index (χ2n) is 6.51. The number of likely N-dealkylation sites (tertiary alicyclic amines) is 1. The third-order valence-electron chi connectivity index (χ3n) is 4.46. The van der Waals surface area contributed by atoms with Crippen molar-refractivity contribution in [2.75, 3.05) is 53.7 Å². The van der Waals surface area contributed by atoms with Crippen molar-refractivity contribution >= 4 is 35.9 Å². The summed E-state index contributed by atoms with van der Waals surface area (Å²) in [7, 11) is 3.03. The molecule has 1 aromatic heterocycles. The molecule has 28 heavy (non-hydrogen) atoms. The molecular weight excluding hydrogens is 477 g/mol. The number of carbonyl (C=O) groups excluding carboxylic acids is 1. The number of nitrogens with zero attached hydrogens (tertiary/aromatic N) is 2. The Bertz CT molecular complexity index is 635. The predicted octanol–water partition coefficient (Wildman–Crippen LogP) is 2.44. The topological polar surface area (TPSA) is 85.5 Å². The Labute approximate surface area is 184 Å². The molecule has 1 aromatic rings. The lowest BCUT2D eigenvalue weighted by Gasteiger charge is -2.21. The van der Waals surface area contributed by atoms with Crippen LogP contribution in [-0.4, -0.2) is 70.5 Å². The molecule has 160 valence electrons. The summed E-state index contributed by atoms with van der Waals surface area (Å²) < 4.78 is 21.1. The van der Waals surface area contributed by atoms with Crippen LogP contribution in [0.3, 0.4) is 0 Å². The molecule has 1 aliphatic rings. The van der Waals surface area contributed by atoms with Crippen molar-refractivity contribution in [3.8, 4) is 0 Å². The Morgan fingerprint density at radius 3 is 2.86 bits per heavy atom. The van der Waals surface area contributed by atoms with Gasteiger partial charge < -0.3 is 28.8 Å². The predicted molar refractivity (Wildman–Crippen MR) is 117 cm³/mol. The van der Waals surface area contributed by atoms with Crippen molar-refractivity contribution in [3.63, 3.8) is 0 Å². The van der Waals surface area contributed by atoms with Crippen LogP contribution in [0.25, 0.3) is 0 Å². The summed E-state index contributed by atoms with van der Waals surface area (Å²) in [5.74, 6) is 2.13. The highest BCUT2D eigenvalue weighted by Crippen LogP contribution is 2.19. The molecular formula is C19H32IN3O5. The molecule has 1 aliphatic heterocycles. The Morgan fingerprint density at radius 2 is 2.18 bits per heavy atom. The van der Waals surface area contributed by atoms with Crippen LogP contribution < -0.4 is 5.32 Å². The molecule has 8 nitrogen and oxygen atoms in total. The summed E-state index contributed by atoms with van der Waals surface area (Å²) in [4.78, 5) is 18.6. The molecule has 2 rings (SSSR count). The van der Waals surface area contributed by atoms with Gasteiger partial charge in [-0.3, -0.25) is 0 Å². The number of aryl methyl sites for hydroxylation is 1. The maximum absolute atomic E-state index is 11.7. The van der Waals surface area contributed by atoms with Crippen LogP contribution in [0.15, 0.2) is 15.5 Å². The highest BCUT2D eigenvalue weighted by Gasteiger charge is 2.25. The average molecular weight is 509 g/mol. The van der Waals surface area contributed by atoms with E-state index in [9.17, 15) is 4.79 Å². The van der Waals surface area contributed by atoms with Crippen molar-refractivity contribution in [2.45, 2.75) is 26.8 Å². The highest BCUT2D eigenvalue weighted by molar-refractivity contribution is 14.0. The molecule has 1 unspecified atom stereocenters. The van der Waals surface area contributed by atoms with Gasteiger partial charge in [0.2, 0.25) is 0 Å². The van der Waals surface area contributed by atoms with Gasteiger partial charge in [-0.1, -0.05) is 0 Å². The number of esters is 1. The van der Waals surface area contributed by atoms with Gasteiger partial charge in [-0.05, 0) is 26.3 Å². The zero-order valence-corrected chi connectivity index (χ0v) is 19.5. The number of guanidine groups is 1. The van der Waals surface area contributed by atoms with E-state index in [1.54, 1.807) is 20.1 Å². The van der Waals surface area contributed by atoms with Crippen LogP contribution in [-0.2, 0) is 20.8 Å². The van der Waals surface area contributed by atoms with Crippen LogP contribution >= 0.6 is 24.0 Å². The number of rotatable bonds is 9. The standard InChI is InChI=1S/C19H31N3O5.HI/c1-5-20-19(22-7-6-15(12-22)13-26-9-8-24-3)21-11-16-10-17(14(2)27-16)18(23)25-4;/h10,15H,5-9,11-13H2,1-4H3,(H,20,21);1H. The van der Waals surface area contributed by atoms with E-state index >= 15 is 0 Å². The fraction of sp³-hybridized carbons (Fsp3) is 0.684. The molecule has 0 spiro atoms. The van der Waals surface area contributed by atoms with Gasteiger partial charge >= 0.3 is 5.97 Å². The minimum atomic E-state index is -0.394. The second kappa shape index (κ2) is 13.0. The van der Waals surface area contributed by atoms with Crippen LogP contribution in [0.1, 0.15) is 35.2 Å². The van der Waals surface area contributed by atoms with Gasteiger partial charge in [0.05, 0.1) is 26.9 Å². The molecule has 1 N–H and O–H groups in total. The van der Waals surface area contributed by atoms with Gasteiger partial charge in [-0.15, -0.1) is 24.0 Å². The number of furan rings is 1. The van der Waals surface area contributed by atoms with E-state index in [0.29, 0.717) is 42.8 Å². The average Bonchev–Trinajstić information content (AvgIpc) is 3.28. The summed E-state index contributed by atoms with van der Waals surface area (Å²) in [6, 6.07) is 1.70. The van der Waals surface area contributed by atoms with E-state index in [-0.39, 0.29) is 24.0 Å². The van der Waals surface area contributed by atoms with Gasteiger partial charge in [-0.2, -0.15) is 0 Å². The molecule has 2 heterocycles. The Morgan fingerprint density at radius 1 is 1.39 bits per heavy atom. The van der Waals surface area contributed by atoms with Gasteiger partial charge in [0.25, 0.3) is 0 Å². The summed E-state index contributed by atoms with van der Waals surface area (Å²) >= 11 is 0. The zero-order valence-electron chi connectivity index (χ0n) is 17.2. The normalized spacial score (nSPS) is 16.8. The van der Waals surface area contributed by atoms with E-state index in [1.807, 2.05) is 6.92 Å². The molecule has 9 heteroatoms. The number of halogens is 1. The SMILES string of the molecule is CCNC(=NCc1cc(C(=O)OC)c(C)o1)N1CCC(COCCOC)C1.I. The summed E-state index contributed by atoms with van der Waals surface area (Å²) in [5.41, 5.74) is 0.446. The van der Waals surface area contributed by atoms with Crippen molar-refractivity contribution in [2.24, 2.45) is 10.9 Å². The molecule has 0 radical (unpaired) electrons. The first kappa shape index (κ1) is 24.7. The number of aliphatic imine (C=N–C) groups is 1. The molecule has 0 amide bonds. The van der Waals surface area contributed by atoms with Gasteiger partial charge in [0.15, 0.2) is 5.96 Å². The third kappa shape index (κ3) is 7.25. The largest absolute Gasteiger partial charge is 0.465 e. The smallest absolute Gasteiger partial charge is 0.341 e. The minimum absolute atomic E-state index is 0. The fourth-order valence-electron chi connectivity index (χ4n) is 3.07. The first-order chi connectivity index (χ1) is 13.1. The number of ether oxygens (including phenoxy) is 3. The number of nitrogens with one attached hydrogen (secondary N) is 1. The van der Waals surface area contributed by atoms with E-state index in [0.717, 1.165) is 38.6 Å². The maximum atomic E-state index is 11.7. The summed E-state index contributed by atoms with van der Waals surface area (Å²) in [6.45, 7) is 8.78. The first-order valence-electron chi connectivity index (χ1n) is 9.36. The van der Waals surface area contributed by atoms with E-state index in [2.05, 4.69) is 15.2 Å². The Kier molecular flexibility index (Phi) is 11.5. The van der Waals surface area contributed by atoms with E-state index < -0.39 is 5.97 Å². The molecule has 1 fully saturated rings. The van der Waals surface area contributed by atoms with Crippen molar-refractivity contribution in [3.05, 3.63) is 23.2 Å². The quantitative estimate of drug-likeness (QED) is 0.180. The number of hydrogen-bond acceptors (Lipinski definition) is 6. The van der Waals surface area contributed by atoms with Crippen molar-refractivity contribution in [1.82, 2.24) is 10.2 Å². The van der Waals surface area contributed by atoms with Gasteiger partial charge in [0, 0.05) is 32.7 Å². The second-order valence-corrected chi connectivity index (χ2v) is 6.51. The minimum Gasteiger partial charge on any atom is -0.465 e. The maximum Gasteiger partial charge on any atom is 0.341 e. The molecule has 0 bridgehead atoms. The molecule has 0 aliphatic carbocycles.